The van der Waals surface area contributed by atoms with Gasteiger partial charge in [-0.15, -0.1) is 0 Å². The van der Waals surface area contributed by atoms with Crippen LogP contribution in [0.5, 0.6) is 0 Å². The molecule has 0 bridgehead atoms. The first kappa shape index (κ1) is 11.9. The third-order valence-electron chi connectivity index (χ3n) is 3.31. The third-order valence-corrected chi connectivity index (χ3v) is 3.31. The summed E-state index contributed by atoms with van der Waals surface area (Å²) in [6, 6.07) is 7.17. The Kier molecular flexibility index (Phi) is 2.79. The van der Waals surface area contributed by atoms with Crippen LogP contribution in [-0.2, 0) is 5.72 Å². The second-order valence-corrected chi connectivity index (χ2v) is 4.82. The minimum atomic E-state index is -1.25. The molecule has 1 unspecified atom stereocenters. The van der Waals surface area contributed by atoms with Crippen LogP contribution in [0.2, 0.25) is 0 Å². The van der Waals surface area contributed by atoms with Crippen LogP contribution in [-0.4, -0.2) is 11.0 Å². The lowest BCUT2D eigenvalue weighted by Crippen LogP contribution is -2.39. The molecular weight excluding hydrogens is 214 g/mol. The van der Waals surface area contributed by atoms with Crippen molar-refractivity contribution in [2.24, 2.45) is 0 Å². The Morgan fingerprint density at radius 2 is 1.94 bits per heavy atom. The van der Waals surface area contributed by atoms with Gasteiger partial charge in [0.15, 0.2) is 5.72 Å². The van der Waals surface area contributed by atoms with Crippen molar-refractivity contribution in [1.82, 2.24) is 5.32 Å². The van der Waals surface area contributed by atoms with Gasteiger partial charge in [-0.2, -0.15) is 0 Å². The number of hydrogen-bond acceptors (Lipinski definition) is 2. The van der Waals surface area contributed by atoms with Crippen molar-refractivity contribution >= 4 is 5.91 Å². The molecule has 0 fully saturated rings. The van der Waals surface area contributed by atoms with E-state index >= 15 is 0 Å². The van der Waals surface area contributed by atoms with Crippen LogP contribution in [0, 0.1) is 0 Å². The van der Waals surface area contributed by atoms with E-state index in [-0.39, 0.29) is 5.91 Å². The summed E-state index contributed by atoms with van der Waals surface area (Å²) in [6.07, 6.45) is 0.429. The van der Waals surface area contributed by atoms with Crippen molar-refractivity contribution in [3.8, 4) is 0 Å². The lowest BCUT2D eigenvalue weighted by atomic mass is 9.94. The average Bonchev–Trinajstić information content (AvgIpc) is 2.52. The molecular formula is C14H17NO2. The average molecular weight is 231 g/mol. The van der Waals surface area contributed by atoms with Gasteiger partial charge in [0.05, 0.1) is 0 Å². The lowest BCUT2D eigenvalue weighted by molar-refractivity contribution is 0.0133. The number of amides is 1. The molecule has 1 aromatic carbocycles. The Bertz CT molecular complexity index is 501. The lowest BCUT2D eigenvalue weighted by Gasteiger charge is -2.25. The van der Waals surface area contributed by atoms with Gasteiger partial charge in [0.25, 0.3) is 5.91 Å². The Morgan fingerprint density at radius 1 is 1.29 bits per heavy atom. The van der Waals surface area contributed by atoms with Crippen LogP contribution in [0.25, 0.3) is 0 Å². The second-order valence-electron chi connectivity index (χ2n) is 4.82. The summed E-state index contributed by atoms with van der Waals surface area (Å²) in [6.45, 7) is 5.98. The predicted molar refractivity (Wildman–Crippen MR) is 66.5 cm³/mol. The standard InChI is InChI=1S/C14H17NO2/c1-9(2)10(3)8-14(17)12-7-5-4-6-11(12)13(16)15-14/h4-7,17H,8H2,1-3H3,(H,15,16). The van der Waals surface area contributed by atoms with Gasteiger partial charge in [0.1, 0.15) is 0 Å². The molecule has 0 aromatic heterocycles. The second kappa shape index (κ2) is 4.00. The molecule has 90 valence electrons. The Hall–Kier alpha value is -1.61. The summed E-state index contributed by atoms with van der Waals surface area (Å²) in [7, 11) is 0. The van der Waals surface area contributed by atoms with E-state index in [0.717, 1.165) is 11.1 Å². The summed E-state index contributed by atoms with van der Waals surface area (Å²) in [5, 5.41) is 13.2. The summed E-state index contributed by atoms with van der Waals surface area (Å²) >= 11 is 0. The molecule has 1 aromatic rings. The molecule has 1 heterocycles. The predicted octanol–water partition coefficient (Wildman–Crippen LogP) is 2.32. The van der Waals surface area contributed by atoms with Crippen LogP contribution in [0.15, 0.2) is 35.4 Å². The summed E-state index contributed by atoms with van der Waals surface area (Å²) < 4.78 is 0. The number of benzene rings is 1. The van der Waals surface area contributed by atoms with E-state index < -0.39 is 5.72 Å². The van der Waals surface area contributed by atoms with Gasteiger partial charge < -0.3 is 10.4 Å². The molecule has 1 amide bonds. The van der Waals surface area contributed by atoms with Gasteiger partial charge in [0.2, 0.25) is 0 Å². The maximum Gasteiger partial charge on any atom is 0.254 e. The van der Waals surface area contributed by atoms with Gasteiger partial charge >= 0.3 is 0 Å². The molecule has 0 saturated heterocycles. The topological polar surface area (TPSA) is 49.3 Å². The maximum absolute atomic E-state index is 11.7. The van der Waals surface area contributed by atoms with Crippen LogP contribution < -0.4 is 5.32 Å². The van der Waals surface area contributed by atoms with Crippen molar-refractivity contribution in [3.05, 3.63) is 46.5 Å². The smallest absolute Gasteiger partial charge is 0.254 e. The van der Waals surface area contributed by atoms with E-state index in [9.17, 15) is 9.90 Å². The highest BCUT2D eigenvalue weighted by Gasteiger charge is 2.40. The number of carbonyl (C=O) groups is 1. The third kappa shape index (κ3) is 1.98. The first-order valence-corrected chi connectivity index (χ1v) is 5.71. The number of allylic oxidation sites excluding steroid dienone is 1. The number of aliphatic hydroxyl groups is 1. The molecule has 3 nitrogen and oxygen atoms in total. The summed E-state index contributed by atoms with van der Waals surface area (Å²) in [5.74, 6) is -0.204. The molecule has 1 atom stereocenters. The number of rotatable bonds is 2. The molecule has 3 heteroatoms. The molecule has 2 N–H and O–H groups in total. The zero-order valence-corrected chi connectivity index (χ0v) is 10.4. The zero-order valence-electron chi connectivity index (χ0n) is 10.4. The minimum absolute atomic E-state index is 0.204. The quantitative estimate of drug-likeness (QED) is 0.767. The molecule has 2 rings (SSSR count). The van der Waals surface area contributed by atoms with Crippen molar-refractivity contribution < 1.29 is 9.90 Å². The monoisotopic (exact) mass is 231 g/mol. The molecule has 17 heavy (non-hydrogen) atoms. The van der Waals surface area contributed by atoms with E-state index in [1.165, 1.54) is 0 Å². The van der Waals surface area contributed by atoms with Crippen LogP contribution >= 0.6 is 0 Å². The number of fused-ring (bicyclic) bond motifs is 1. The van der Waals surface area contributed by atoms with Crippen LogP contribution in [0.1, 0.15) is 43.1 Å². The highest BCUT2D eigenvalue weighted by molar-refractivity contribution is 5.99. The van der Waals surface area contributed by atoms with Crippen LogP contribution in [0.3, 0.4) is 0 Å². The van der Waals surface area contributed by atoms with Crippen molar-refractivity contribution in [1.29, 1.82) is 0 Å². The highest BCUT2D eigenvalue weighted by atomic mass is 16.3. The largest absolute Gasteiger partial charge is 0.366 e. The van der Waals surface area contributed by atoms with Crippen molar-refractivity contribution in [2.75, 3.05) is 0 Å². The van der Waals surface area contributed by atoms with Crippen LogP contribution in [0.4, 0.5) is 0 Å². The van der Waals surface area contributed by atoms with E-state index in [1.807, 2.05) is 26.8 Å². The van der Waals surface area contributed by atoms with Gasteiger partial charge in [0, 0.05) is 17.5 Å². The minimum Gasteiger partial charge on any atom is -0.366 e. The maximum atomic E-state index is 11.7. The molecule has 0 aliphatic carbocycles. The molecule has 0 spiro atoms. The molecule has 0 radical (unpaired) electrons. The first-order chi connectivity index (χ1) is 7.94. The normalized spacial score (nSPS) is 22.0. The SMILES string of the molecule is CC(C)=C(C)CC1(O)NC(=O)c2ccccc21. The van der Waals surface area contributed by atoms with Gasteiger partial charge in [-0.05, 0) is 26.8 Å². The Labute approximate surface area is 101 Å². The van der Waals surface area contributed by atoms with Crippen molar-refractivity contribution in [2.45, 2.75) is 32.9 Å². The van der Waals surface area contributed by atoms with E-state index in [2.05, 4.69) is 5.32 Å². The first-order valence-electron chi connectivity index (χ1n) is 5.71. The number of nitrogens with one attached hydrogen (secondary N) is 1. The molecule has 1 aliphatic heterocycles. The van der Waals surface area contributed by atoms with Gasteiger partial charge in [-0.25, -0.2) is 0 Å². The zero-order chi connectivity index (χ0) is 12.6. The van der Waals surface area contributed by atoms with E-state index in [4.69, 9.17) is 0 Å². The Balaban J connectivity index is 2.42. The van der Waals surface area contributed by atoms with Gasteiger partial charge in [-0.1, -0.05) is 29.3 Å². The fourth-order valence-electron chi connectivity index (χ4n) is 2.06. The number of carbonyl (C=O) groups excluding carboxylic acids is 1. The highest BCUT2D eigenvalue weighted by Crippen LogP contribution is 2.34. The van der Waals surface area contributed by atoms with Gasteiger partial charge in [-0.3, -0.25) is 4.79 Å². The Morgan fingerprint density at radius 3 is 2.59 bits per heavy atom. The van der Waals surface area contributed by atoms with E-state index in [0.29, 0.717) is 17.5 Å². The summed E-state index contributed by atoms with van der Waals surface area (Å²) in [4.78, 5) is 11.7. The van der Waals surface area contributed by atoms with Crippen molar-refractivity contribution in [3.63, 3.8) is 0 Å². The molecule has 0 saturated carbocycles. The molecule has 1 aliphatic rings. The fourth-order valence-corrected chi connectivity index (χ4v) is 2.06. The fraction of sp³-hybridized carbons (Fsp3) is 0.357. The number of hydrogen-bond donors (Lipinski definition) is 2. The van der Waals surface area contributed by atoms with E-state index in [1.54, 1.807) is 18.2 Å². The summed E-state index contributed by atoms with van der Waals surface area (Å²) in [5.41, 5.74) is 2.23.